The second-order valence-corrected chi connectivity index (χ2v) is 8.71. The lowest BCUT2D eigenvalue weighted by Crippen LogP contribution is -2.45. The quantitative estimate of drug-likeness (QED) is 0.625. The molecule has 0 radical (unpaired) electrons. The number of benzene rings is 2. The molecular formula is C26H30N4O. The van der Waals surface area contributed by atoms with Gasteiger partial charge in [0.05, 0.1) is 12.1 Å². The lowest BCUT2D eigenvalue weighted by molar-refractivity contribution is 0.0645. The minimum Gasteiger partial charge on any atom is -0.338 e. The number of rotatable bonds is 5. The van der Waals surface area contributed by atoms with Crippen LogP contribution >= 0.6 is 0 Å². The minimum atomic E-state index is 0.109. The minimum absolute atomic E-state index is 0.109. The first-order valence-corrected chi connectivity index (χ1v) is 11.5. The highest BCUT2D eigenvalue weighted by Gasteiger charge is 2.30. The lowest BCUT2D eigenvalue weighted by atomic mass is 10.0. The van der Waals surface area contributed by atoms with Crippen LogP contribution in [-0.2, 0) is 6.54 Å². The monoisotopic (exact) mass is 414 g/mol. The predicted molar refractivity (Wildman–Crippen MR) is 123 cm³/mol. The first-order chi connectivity index (χ1) is 15.3. The molecule has 31 heavy (non-hydrogen) atoms. The highest BCUT2D eigenvalue weighted by molar-refractivity contribution is 5.99. The fraction of sp³-hybridized carbons (Fsp3) is 0.385. The molecule has 5 heteroatoms. The Morgan fingerprint density at radius 2 is 1.52 bits per heavy atom. The van der Waals surface area contributed by atoms with E-state index >= 15 is 0 Å². The summed E-state index contributed by atoms with van der Waals surface area (Å²) in [5, 5.41) is 4.83. The SMILES string of the molecule is O=C(c1cn(Cc2ccccc2)nc1-c1ccccc1)N1CCC(N2CCCC2)CC1. The Labute approximate surface area is 184 Å². The summed E-state index contributed by atoms with van der Waals surface area (Å²) < 4.78 is 1.90. The Hall–Kier alpha value is -2.92. The summed E-state index contributed by atoms with van der Waals surface area (Å²) in [6.45, 7) is 4.77. The molecule has 5 nitrogen and oxygen atoms in total. The Bertz CT molecular complexity index is 1000. The Balaban J connectivity index is 1.37. The summed E-state index contributed by atoms with van der Waals surface area (Å²) >= 11 is 0. The number of aromatic nitrogens is 2. The molecule has 0 bridgehead atoms. The number of nitrogens with zero attached hydrogens (tertiary/aromatic N) is 4. The largest absolute Gasteiger partial charge is 0.338 e. The molecule has 3 heterocycles. The summed E-state index contributed by atoms with van der Waals surface area (Å²) in [5.74, 6) is 0.109. The van der Waals surface area contributed by atoms with Crippen LogP contribution in [0.25, 0.3) is 11.3 Å². The van der Waals surface area contributed by atoms with Crippen molar-refractivity contribution in [3.05, 3.63) is 78.0 Å². The van der Waals surface area contributed by atoms with Crippen LogP contribution in [0.5, 0.6) is 0 Å². The summed E-state index contributed by atoms with van der Waals surface area (Å²) in [4.78, 5) is 18.2. The van der Waals surface area contributed by atoms with Gasteiger partial charge in [0.25, 0.3) is 5.91 Å². The van der Waals surface area contributed by atoms with E-state index in [9.17, 15) is 4.79 Å². The van der Waals surface area contributed by atoms with Gasteiger partial charge in [0.15, 0.2) is 0 Å². The van der Waals surface area contributed by atoms with Gasteiger partial charge in [-0.05, 0) is 44.3 Å². The number of hydrogen-bond acceptors (Lipinski definition) is 3. The van der Waals surface area contributed by atoms with Crippen LogP contribution in [0.3, 0.4) is 0 Å². The predicted octanol–water partition coefficient (Wildman–Crippen LogP) is 4.30. The van der Waals surface area contributed by atoms with Crippen LogP contribution < -0.4 is 0 Å². The van der Waals surface area contributed by atoms with E-state index in [0.29, 0.717) is 18.2 Å². The third-order valence-corrected chi connectivity index (χ3v) is 6.64. The van der Waals surface area contributed by atoms with Crippen molar-refractivity contribution in [3.8, 4) is 11.3 Å². The van der Waals surface area contributed by atoms with Gasteiger partial charge < -0.3 is 9.80 Å². The molecule has 2 fully saturated rings. The standard InChI is InChI=1S/C26H30N4O/c31-26(29-17-13-23(14-18-29)28-15-7-8-16-28)24-20-30(19-21-9-3-1-4-10-21)27-25(24)22-11-5-2-6-12-22/h1-6,9-12,20,23H,7-8,13-19H2. The Kier molecular flexibility index (Phi) is 5.85. The Morgan fingerprint density at radius 3 is 2.19 bits per heavy atom. The van der Waals surface area contributed by atoms with E-state index in [1.807, 2.05) is 64.3 Å². The summed E-state index contributed by atoms with van der Waals surface area (Å²) in [5.41, 5.74) is 3.66. The average molecular weight is 415 g/mol. The molecule has 2 aliphatic rings. The number of carbonyl (C=O) groups excluding carboxylic acids is 1. The van der Waals surface area contributed by atoms with Crippen molar-refractivity contribution in [2.45, 2.75) is 38.3 Å². The first-order valence-electron chi connectivity index (χ1n) is 11.5. The molecule has 0 saturated carbocycles. The number of amides is 1. The van der Waals surface area contributed by atoms with E-state index in [1.165, 1.54) is 31.5 Å². The molecule has 0 aliphatic carbocycles. The van der Waals surface area contributed by atoms with Gasteiger partial charge >= 0.3 is 0 Å². The highest BCUT2D eigenvalue weighted by Crippen LogP contribution is 2.26. The molecule has 0 spiro atoms. The second-order valence-electron chi connectivity index (χ2n) is 8.71. The van der Waals surface area contributed by atoms with Crippen LogP contribution in [-0.4, -0.2) is 57.7 Å². The molecule has 5 rings (SSSR count). The molecule has 2 aliphatic heterocycles. The molecule has 160 valence electrons. The van der Waals surface area contributed by atoms with Gasteiger partial charge in [0, 0.05) is 30.9 Å². The van der Waals surface area contributed by atoms with Crippen molar-refractivity contribution in [1.82, 2.24) is 19.6 Å². The molecular weight excluding hydrogens is 384 g/mol. The number of carbonyl (C=O) groups is 1. The molecule has 3 aromatic rings. The van der Waals surface area contributed by atoms with Crippen molar-refractivity contribution in [3.63, 3.8) is 0 Å². The van der Waals surface area contributed by atoms with E-state index in [2.05, 4.69) is 17.0 Å². The zero-order valence-corrected chi connectivity index (χ0v) is 18.0. The smallest absolute Gasteiger partial charge is 0.257 e. The van der Waals surface area contributed by atoms with Crippen LogP contribution in [0.4, 0.5) is 0 Å². The first kappa shape index (κ1) is 20.0. The van der Waals surface area contributed by atoms with Gasteiger partial charge in [-0.25, -0.2) is 0 Å². The van der Waals surface area contributed by atoms with Gasteiger partial charge in [0.1, 0.15) is 5.69 Å². The number of piperidine rings is 1. The average Bonchev–Trinajstić information content (AvgIpc) is 3.51. The summed E-state index contributed by atoms with van der Waals surface area (Å²) in [6.07, 6.45) is 6.72. The van der Waals surface area contributed by atoms with Gasteiger partial charge in [-0.3, -0.25) is 9.48 Å². The van der Waals surface area contributed by atoms with Gasteiger partial charge in [-0.2, -0.15) is 5.10 Å². The van der Waals surface area contributed by atoms with Crippen molar-refractivity contribution >= 4 is 5.91 Å². The van der Waals surface area contributed by atoms with E-state index in [1.54, 1.807) is 0 Å². The lowest BCUT2D eigenvalue weighted by Gasteiger charge is -2.36. The molecule has 0 atom stereocenters. The van der Waals surface area contributed by atoms with E-state index < -0.39 is 0 Å². The van der Waals surface area contributed by atoms with Crippen LogP contribution in [0.15, 0.2) is 66.9 Å². The maximum atomic E-state index is 13.5. The van der Waals surface area contributed by atoms with Gasteiger partial charge in [-0.1, -0.05) is 60.7 Å². The van der Waals surface area contributed by atoms with Crippen LogP contribution in [0, 0.1) is 0 Å². The number of hydrogen-bond donors (Lipinski definition) is 0. The highest BCUT2D eigenvalue weighted by atomic mass is 16.2. The fourth-order valence-electron chi connectivity index (χ4n) is 4.95. The van der Waals surface area contributed by atoms with Crippen molar-refractivity contribution < 1.29 is 4.79 Å². The maximum absolute atomic E-state index is 13.5. The third-order valence-electron chi connectivity index (χ3n) is 6.64. The molecule has 2 aromatic carbocycles. The summed E-state index contributed by atoms with van der Waals surface area (Å²) in [6, 6.07) is 21.0. The summed E-state index contributed by atoms with van der Waals surface area (Å²) in [7, 11) is 0. The molecule has 2 saturated heterocycles. The maximum Gasteiger partial charge on any atom is 0.257 e. The topological polar surface area (TPSA) is 41.4 Å². The molecule has 0 N–H and O–H groups in total. The molecule has 0 unspecified atom stereocenters. The van der Waals surface area contributed by atoms with Gasteiger partial charge in [-0.15, -0.1) is 0 Å². The van der Waals surface area contributed by atoms with Crippen molar-refractivity contribution in [2.75, 3.05) is 26.2 Å². The van der Waals surface area contributed by atoms with E-state index in [4.69, 9.17) is 5.10 Å². The fourth-order valence-corrected chi connectivity index (χ4v) is 4.95. The van der Waals surface area contributed by atoms with Crippen molar-refractivity contribution in [2.24, 2.45) is 0 Å². The van der Waals surface area contributed by atoms with Crippen LogP contribution in [0.1, 0.15) is 41.6 Å². The van der Waals surface area contributed by atoms with E-state index in [0.717, 1.165) is 37.2 Å². The zero-order chi connectivity index (χ0) is 21.0. The second kappa shape index (κ2) is 9.06. The molecule has 1 amide bonds. The van der Waals surface area contributed by atoms with Crippen LogP contribution in [0.2, 0.25) is 0 Å². The van der Waals surface area contributed by atoms with E-state index in [-0.39, 0.29) is 5.91 Å². The van der Waals surface area contributed by atoms with Gasteiger partial charge in [0.2, 0.25) is 0 Å². The van der Waals surface area contributed by atoms with Crippen molar-refractivity contribution in [1.29, 1.82) is 0 Å². The molecule has 1 aromatic heterocycles. The number of likely N-dealkylation sites (tertiary alicyclic amines) is 2. The zero-order valence-electron chi connectivity index (χ0n) is 18.0. The normalized spacial score (nSPS) is 17.9. The third kappa shape index (κ3) is 4.42. The Morgan fingerprint density at radius 1 is 0.871 bits per heavy atom.